The quantitative estimate of drug-likeness (QED) is 0.736. The molecule has 0 spiro atoms. The van der Waals surface area contributed by atoms with E-state index in [1.807, 2.05) is 48.2 Å². The second-order valence-electron chi connectivity index (χ2n) is 7.38. The van der Waals surface area contributed by atoms with Crippen LogP contribution in [0.5, 0.6) is 5.75 Å². The number of nitrogens with zero attached hydrogens (tertiary/aromatic N) is 2. The number of furan rings is 1. The number of benzene rings is 1. The van der Waals surface area contributed by atoms with E-state index in [9.17, 15) is 9.59 Å². The zero-order valence-corrected chi connectivity index (χ0v) is 16.8. The molecule has 3 rings (SSSR count). The van der Waals surface area contributed by atoms with Crippen molar-refractivity contribution < 1.29 is 18.7 Å². The number of hydrogen-bond acceptors (Lipinski definition) is 4. The fraction of sp³-hybridized carbons (Fsp3) is 0.455. The number of carbonyl (C=O) groups is 2. The van der Waals surface area contributed by atoms with Crippen LogP contribution in [0.15, 0.2) is 40.8 Å². The summed E-state index contributed by atoms with van der Waals surface area (Å²) in [6, 6.07) is 11.7. The van der Waals surface area contributed by atoms with Gasteiger partial charge in [-0.15, -0.1) is 0 Å². The number of amides is 2. The number of ether oxygens (including phenoxy) is 1. The Morgan fingerprint density at radius 1 is 1.25 bits per heavy atom. The zero-order chi connectivity index (χ0) is 20.1. The van der Waals surface area contributed by atoms with Gasteiger partial charge in [0.1, 0.15) is 17.3 Å². The second-order valence-corrected chi connectivity index (χ2v) is 7.38. The molecule has 2 heterocycles. The van der Waals surface area contributed by atoms with Gasteiger partial charge in [0.25, 0.3) is 0 Å². The van der Waals surface area contributed by atoms with E-state index < -0.39 is 0 Å². The Hall–Kier alpha value is -2.76. The van der Waals surface area contributed by atoms with Gasteiger partial charge in [0.05, 0.1) is 19.6 Å². The molecule has 2 amide bonds. The van der Waals surface area contributed by atoms with Gasteiger partial charge < -0.3 is 19.0 Å². The lowest BCUT2D eigenvalue weighted by molar-refractivity contribution is -0.142. The van der Waals surface area contributed by atoms with Crippen molar-refractivity contribution in [1.82, 2.24) is 9.80 Å². The summed E-state index contributed by atoms with van der Waals surface area (Å²) in [6.45, 7) is 3.44. The Labute approximate surface area is 166 Å². The first-order chi connectivity index (χ1) is 13.5. The van der Waals surface area contributed by atoms with Gasteiger partial charge in [-0.2, -0.15) is 0 Å². The lowest BCUT2D eigenvalue weighted by atomic mass is 9.95. The summed E-state index contributed by atoms with van der Waals surface area (Å²) < 4.78 is 10.7. The van der Waals surface area contributed by atoms with Gasteiger partial charge in [-0.05, 0) is 49.6 Å². The van der Waals surface area contributed by atoms with Crippen LogP contribution in [0.25, 0.3) is 0 Å². The number of carbonyl (C=O) groups excluding carboxylic acids is 2. The molecule has 0 saturated carbocycles. The first-order valence-corrected chi connectivity index (χ1v) is 9.67. The van der Waals surface area contributed by atoms with Gasteiger partial charge in [-0.3, -0.25) is 9.59 Å². The van der Waals surface area contributed by atoms with Crippen molar-refractivity contribution >= 4 is 11.8 Å². The highest BCUT2D eigenvalue weighted by molar-refractivity contribution is 5.83. The molecule has 0 N–H and O–H groups in total. The molecule has 0 bridgehead atoms. The van der Waals surface area contributed by atoms with E-state index in [-0.39, 0.29) is 17.7 Å². The van der Waals surface area contributed by atoms with E-state index in [1.165, 1.54) is 0 Å². The fourth-order valence-corrected chi connectivity index (χ4v) is 3.58. The van der Waals surface area contributed by atoms with Gasteiger partial charge in [0.2, 0.25) is 11.8 Å². The van der Waals surface area contributed by atoms with Crippen LogP contribution in [-0.2, 0) is 22.6 Å². The molecule has 0 aliphatic carbocycles. The van der Waals surface area contributed by atoms with Crippen molar-refractivity contribution in [3.05, 3.63) is 53.5 Å². The summed E-state index contributed by atoms with van der Waals surface area (Å²) in [5.74, 6) is 2.46. The predicted octanol–water partition coefficient (Wildman–Crippen LogP) is 3.04. The second kappa shape index (κ2) is 8.95. The maximum atomic E-state index is 12.8. The van der Waals surface area contributed by atoms with Crippen LogP contribution < -0.4 is 4.74 Å². The van der Waals surface area contributed by atoms with Crippen LogP contribution in [0, 0.1) is 12.8 Å². The normalized spacial score (nSPS) is 16.9. The summed E-state index contributed by atoms with van der Waals surface area (Å²) in [4.78, 5) is 28.7. The average Bonchev–Trinajstić information content (AvgIpc) is 3.11. The first kappa shape index (κ1) is 20.0. The number of hydrogen-bond donors (Lipinski definition) is 0. The molecule has 150 valence electrons. The largest absolute Gasteiger partial charge is 0.497 e. The molecule has 28 heavy (non-hydrogen) atoms. The first-order valence-electron chi connectivity index (χ1n) is 9.67. The SMILES string of the molecule is COc1ccc(CCN2C[C@@H](C(=O)N(C)Cc3ccc(C)o3)CCC2=O)cc1. The predicted molar refractivity (Wildman–Crippen MR) is 106 cm³/mol. The molecule has 1 aromatic heterocycles. The van der Waals surface area contributed by atoms with E-state index in [4.69, 9.17) is 9.15 Å². The molecular weight excluding hydrogens is 356 g/mol. The summed E-state index contributed by atoms with van der Waals surface area (Å²) in [5, 5.41) is 0. The molecule has 1 saturated heterocycles. The van der Waals surface area contributed by atoms with Crippen molar-refractivity contribution in [2.24, 2.45) is 5.92 Å². The minimum atomic E-state index is -0.158. The zero-order valence-electron chi connectivity index (χ0n) is 16.8. The van der Waals surface area contributed by atoms with Crippen molar-refractivity contribution in [3.8, 4) is 5.75 Å². The van der Waals surface area contributed by atoms with Crippen LogP contribution in [0.1, 0.15) is 29.9 Å². The van der Waals surface area contributed by atoms with E-state index >= 15 is 0 Å². The third-order valence-electron chi connectivity index (χ3n) is 5.24. The van der Waals surface area contributed by atoms with Crippen LogP contribution in [0.2, 0.25) is 0 Å². The summed E-state index contributed by atoms with van der Waals surface area (Å²) in [5.41, 5.74) is 1.15. The van der Waals surface area contributed by atoms with Gasteiger partial charge in [-0.1, -0.05) is 12.1 Å². The van der Waals surface area contributed by atoms with Crippen molar-refractivity contribution in [2.45, 2.75) is 32.7 Å². The Morgan fingerprint density at radius 3 is 2.64 bits per heavy atom. The molecule has 6 nitrogen and oxygen atoms in total. The minimum Gasteiger partial charge on any atom is -0.497 e. The van der Waals surface area contributed by atoms with Gasteiger partial charge in [-0.25, -0.2) is 0 Å². The van der Waals surface area contributed by atoms with Crippen molar-refractivity contribution in [1.29, 1.82) is 0 Å². The van der Waals surface area contributed by atoms with E-state index in [0.29, 0.717) is 32.5 Å². The third kappa shape index (κ3) is 4.94. The smallest absolute Gasteiger partial charge is 0.227 e. The molecule has 1 aliphatic heterocycles. The molecule has 1 atom stereocenters. The highest BCUT2D eigenvalue weighted by Crippen LogP contribution is 2.21. The van der Waals surface area contributed by atoms with E-state index in [2.05, 4.69) is 0 Å². The molecule has 0 radical (unpaired) electrons. The number of likely N-dealkylation sites (tertiary alicyclic amines) is 1. The fourth-order valence-electron chi connectivity index (χ4n) is 3.58. The lowest BCUT2D eigenvalue weighted by Crippen LogP contribution is -2.46. The molecule has 1 aromatic carbocycles. The van der Waals surface area contributed by atoms with Gasteiger partial charge >= 0.3 is 0 Å². The highest BCUT2D eigenvalue weighted by Gasteiger charge is 2.31. The Balaban J connectivity index is 1.55. The maximum absolute atomic E-state index is 12.8. The standard InChI is InChI=1S/C22H28N2O4/c1-16-4-8-20(28-16)15-23(2)22(26)18-7-11-21(25)24(14-18)13-12-17-5-9-19(27-3)10-6-17/h4-6,8-10,18H,7,11-15H2,1-3H3/t18-/m0/s1. The third-order valence-corrected chi connectivity index (χ3v) is 5.24. The lowest BCUT2D eigenvalue weighted by Gasteiger charge is -2.33. The Bertz CT molecular complexity index is 812. The van der Waals surface area contributed by atoms with Gasteiger partial charge in [0, 0.05) is 26.6 Å². The van der Waals surface area contributed by atoms with Crippen LogP contribution >= 0.6 is 0 Å². The number of rotatable bonds is 7. The Kier molecular flexibility index (Phi) is 6.39. The molecule has 6 heteroatoms. The summed E-state index contributed by atoms with van der Waals surface area (Å²) >= 11 is 0. The topological polar surface area (TPSA) is 63.0 Å². The molecule has 2 aromatic rings. The molecular formula is C22H28N2O4. The number of methoxy groups -OCH3 is 1. The maximum Gasteiger partial charge on any atom is 0.227 e. The van der Waals surface area contributed by atoms with E-state index in [0.717, 1.165) is 29.3 Å². The highest BCUT2D eigenvalue weighted by atomic mass is 16.5. The molecule has 1 aliphatic rings. The van der Waals surface area contributed by atoms with Crippen molar-refractivity contribution in [2.75, 3.05) is 27.2 Å². The van der Waals surface area contributed by atoms with Crippen molar-refractivity contribution in [3.63, 3.8) is 0 Å². The summed E-state index contributed by atoms with van der Waals surface area (Å²) in [6.07, 6.45) is 1.79. The number of piperidine rings is 1. The van der Waals surface area contributed by atoms with E-state index in [1.54, 1.807) is 19.1 Å². The Morgan fingerprint density at radius 2 is 2.00 bits per heavy atom. The van der Waals surface area contributed by atoms with Crippen LogP contribution in [0.3, 0.4) is 0 Å². The monoisotopic (exact) mass is 384 g/mol. The average molecular weight is 384 g/mol. The van der Waals surface area contributed by atoms with Gasteiger partial charge in [0.15, 0.2) is 0 Å². The molecule has 1 fully saturated rings. The minimum absolute atomic E-state index is 0.0657. The summed E-state index contributed by atoms with van der Waals surface area (Å²) in [7, 11) is 3.43. The molecule has 0 unspecified atom stereocenters. The van der Waals surface area contributed by atoms with Crippen LogP contribution in [0.4, 0.5) is 0 Å². The van der Waals surface area contributed by atoms with Crippen LogP contribution in [-0.4, -0.2) is 48.9 Å². The number of aryl methyl sites for hydroxylation is 1.